The third-order valence-electron chi connectivity index (χ3n) is 5.15. The van der Waals surface area contributed by atoms with E-state index in [2.05, 4.69) is 0 Å². The van der Waals surface area contributed by atoms with Crippen molar-refractivity contribution in [2.24, 2.45) is 0 Å². The van der Waals surface area contributed by atoms with Crippen molar-refractivity contribution in [1.82, 2.24) is 4.57 Å². The van der Waals surface area contributed by atoms with Crippen molar-refractivity contribution < 1.29 is 13.9 Å². The molecule has 3 aromatic rings. The number of hydrogen-bond donors (Lipinski definition) is 0. The maximum atomic E-state index is 13.7. The van der Waals surface area contributed by atoms with Gasteiger partial charge in [0.15, 0.2) is 0 Å². The van der Waals surface area contributed by atoms with Crippen LogP contribution in [0.1, 0.15) is 42.4 Å². The van der Waals surface area contributed by atoms with Crippen LogP contribution in [-0.2, 0) is 24.2 Å². The zero-order chi connectivity index (χ0) is 25.0. The molecule has 1 heterocycles. The quantitative estimate of drug-likeness (QED) is 0.363. The highest BCUT2D eigenvalue weighted by atomic mass is 35.5. The summed E-state index contributed by atoms with van der Waals surface area (Å²) in [6.45, 7) is 6.06. The average Bonchev–Trinajstić information content (AvgIpc) is 2.76. The van der Waals surface area contributed by atoms with Gasteiger partial charge in [-0.25, -0.2) is 9.18 Å². The average molecular weight is 505 g/mol. The van der Waals surface area contributed by atoms with Gasteiger partial charge in [-0.05, 0) is 69.2 Å². The zero-order valence-electron chi connectivity index (χ0n) is 19.6. The second-order valence-corrected chi connectivity index (χ2v) is 9.84. The lowest BCUT2D eigenvalue weighted by molar-refractivity contribution is 0.00695. The first-order valence-electron chi connectivity index (χ1n) is 10.8. The Hall–Kier alpha value is -2.83. The smallest absolute Gasteiger partial charge is 0.338 e. The van der Waals surface area contributed by atoms with Crippen LogP contribution in [-0.4, -0.2) is 23.2 Å². The summed E-state index contributed by atoms with van der Waals surface area (Å²) in [7, 11) is 1.80. The van der Waals surface area contributed by atoms with Crippen LogP contribution in [0.15, 0.2) is 59.4 Å². The molecule has 0 amide bonds. The molecular formula is C26H27Cl2FN2O3. The fraction of sp³-hybridized carbons (Fsp3) is 0.308. The molecule has 0 bridgehead atoms. The fourth-order valence-electron chi connectivity index (χ4n) is 3.45. The Morgan fingerprint density at radius 3 is 2.35 bits per heavy atom. The van der Waals surface area contributed by atoms with Gasteiger partial charge in [-0.15, -0.1) is 0 Å². The number of anilines is 1. The molecule has 0 atom stereocenters. The van der Waals surface area contributed by atoms with Crippen molar-refractivity contribution in [3.05, 3.63) is 97.6 Å². The van der Waals surface area contributed by atoms with Gasteiger partial charge >= 0.3 is 5.97 Å². The van der Waals surface area contributed by atoms with E-state index in [0.29, 0.717) is 34.9 Å². The lowest BCUT2D eigenvalue weighted by Gasteiger charge is -2.23. The van der Waals surface area contributed by atoms with E-state index in [1.165, 1.54) is 18.2 Å². The van der Waals surface area contributed by atoms with Gasteiger partial charge in [0.25, 0.3) is 5.56 Å². The first kappa shape index (κ1) is 25.8. The topological polar surface area (TPSA) is 51.5 Å². The van der Waals surface area contributed by atoms with E-state index in [-0.39, 0.29) is 28.9 Å². The highest BCUT2D eigenvalue weighted by molar-refractivity contribution is 6.34. The Morgan fingerprint density at radius 1 is 1.06 bits per heavy atom. The Bertz CT molecular complexity index is 1230. The maximum absolute atomic E-state index is 13.7. The third kappa shape index (κ3) is 6.61. The lowest BCUT2D eigenvalue weighted by atomic mass is 10.1. The van der Waals surface area contributed by atoms with Crippen molar-refractivity contribution in [1.29, 1.82) is 0 Å². The Morgan fingerprint density at radius 2 is 1.74 bits per heavy atom. The summed E-state index contributed by atoms with van der Waals surface area (Å²) < 4.78 is 20.6. The third-order valence-corrected chi connectivity index (χ3v) is 5.75. The minimum atomic E-state index is -0.572. The summed E-state index contributed by atoms with van der Waals surface area (Å²) in [6.07, 6.45) is 0.516. The number of benzene rings is 2. The summed E-state index contributed by atoms with van der Waals surface area (Å²) >= 11 is 12.6. The van der Waals surface area contributed by atoms with E-state index in [1.54, 1.807) is 35.9 Å². The minimum Gasteiger partial charge on any atom is -0.456 e. The Balaban J connectivity index is 1.80. The molecule has 0 saturated heterocycles. The zero-order valence-corrected chi connectivity index (χ0v) is 21.1. The molecule has 5 nitrogen and oxygen atoms in total. The number of nitrogens with zero attached hydrogens (tertiary/aromatic N) is 2. The number of ether oxygens (including phenoxy) is 1. The lowest BCUT2D eigenvalue weighted by Crippen LogP contribution is -2.29. The highest BCUT2D eigenvalue weighted by Gasteiger charge is 2.18. The molecule has 0 fully saturated rings. The molecular weight excluding hydrogens is 478 g/mol. The first-order valence-corrected chi connectivity index (χ1v) is 11.6. The predicted molar refractivity (Wildman–Crippen MR) is 135 cm³/mol. The summed E-state index contributed by atoms with van der Waals surface area (Å²) in [5.41, 5.74) is 1.70. The summed E-state index contributed by atoms with van der Waals surface area (Å²) in [4.78, 5) is 26.9. The molecule has 0 aliphatic heterocycles. The summed E-state index contributed by atoms with van der Waals surface area (Å²) in [5.74, 6) is -0.738. The van der Waals surface area contributed by atoms with Gasteiger partial charge in [0.2, 0.25) is 0 Å². The Labute approximate surface area is 208 Å². The van der Waals surface area contributed by atoms with E-state index >= 15 is 0 Å². The number of aromatic nitrogens is 1. The molecule has 0 spiro atoms. The van der Waals surface area contributed by atoms with Crippen molar-refractivity contribution in [3.8, 4) is 0 Å². The van der Waals surface area contributed by atoms with E-state index < -0.39 is 5.60 Å². The van der Waals surface area contributed by atoms with Gasteiger partial charge in [0.05, 0.1) is 22.8 Å². The number of carbonyl (C=O) groups excluding carboxylic acids is 1. The van der Waals surface area contributed by atoms with Crippen LogP contribution < -0.4 is 10.5 Å². The second-order valence-electron chi connectivity index (χ2n) is 9.03. The number of halogens is 3. The largest absolute Gasteiger partial charge is 0.456 e. The van der Waals surface area contributed by atoms with Crippen LogP contribution in [0.3, 0.4) is 0 Å². The molecule has 0 aliphatic rings. The molecule has 180 valence electrons. The van der Waals surface area contributed by atoms with Gasteiger partial charge in [-0.1, -0.05) is 41.4 Å². The van der Waals surface area contributed by atoms with Gasteiger partial charge in [-0.3, -0.25) is 4.79 Å². The van der Waals surface area contributed by atoms with Gasteiger partial charge in [0.1, 0.15) is 16.4 Å². The van der Waals surface area contributed by atoms with E-state index in [4.69, 9.17) is 27.9 Å². The molecule has 8 heteroatoms. The molecule has 0 saturated carbocycles. The number of carbonyl (C=O) groups is 1. The van der Waals surface area contributed by atoms with Crippen molar-refractivity contribution in [2.75, 3.05) is 11.9 Å². The molecule has 34 heavy (non-hydrogen) atoms. The standard InChI is InChI=1S/C26H27Cl2FN2O3/c1-26(2,3)34-25(33)18-10-8-17(9-11-18)12-13-31-23(21(27)15-22(28)24(31)32)16-30(4)20-7-5-6-19(29)14-20/h5-11,14-15H,12-13,16H2,1-4H3. The minimum absolute atomic E-state index is 0.0300. The number of aryl methyl sites for hydroxylation is 1. The highest BCUT2D eigenvalue weighted by Crippen LogP contribution is 2.23. The molecule has 1 aromatic heterocycles. The normalized spacial score (nSPS) is 11.4. The van der Waals surface area contributed by atoms with Crippen molar-refractivity contribution in [2.45, 2.75) is 45.9 Å². The van der Waals surface area contributed by atoms with Gasteiger partial charge in [-0.2, -0.15) is 0 Å². The predicted octanol–water partition coefficient (Wildman–Crippen LogP) is 6.13. The second kappa shape index (κ2) is 10.6. The number of rotatable bonds is 7. The van der Waals surface area contributed by atoms with E-state index in [9.17, 15) is 14.0 Å². The SMILES string of the molecule is CN(Cc1c(Cl)cc(Cl)c(=O)n1CCc1ccc(C(=O)OC(C)(C)C)cc1)c1cccc(F)c1. The molecule has 2 aromatic carbocycles. The monoisotopic (exact) mass is 504 g/mol. The van der Waals surface area contributed by atoms with Crippen LogP contribution in [0.25, 0.3) is 0 Å². The first-order chi connectivity index (χ1) is 15.9. The van der Waals surface area contributed by atoms with Gasteiger partial charge < -0.3 is 14.2 Å². The van der Waals surface area contributed by atoms with Crippen LogP contribution in [0.2, 0.25) is 10.0 Å². The van der Waals surface area contributed by atoms with E-state index in [1.807, 2.05) is 37.8 Å². The Kier molecular flexibility index (Phi) is 8.05. The van der Waals surface area contributed by atoms with Crippen LogP contribution >= 0.6 is 23.2 Å². The van der Waals surface area contributed by atoms with Crippen LogP contribution in [0.4, 0.5) is 10.1 Å². The number of esters is 1. The molecule has 0 radical (unpaired) electrons. The molecule has 3 rings (SSSR count). The molecule has 0 unspecified atom stereocenters. The van der Waals surface area contributed by atoms with Gasteiger partial charge in [0, 0.05) is 19.3 Å². The van der Waals surface area contributed by atoms with Crippen molar-refractivity contribution in [3.63, 3.8) is 0 Å². The maximum Gasteiger partial charge on any atom is 0.338 e. The van der Waals surface area contributed by atoms with E-state index in [0.717, 1.165) is 5.56 Å². The fourth-order valence-corrected chi connectivity index (χ4v) is 3.99. The van der Waals surface area contributed by atoms with Crippen LogP contribution in [0, 0.1) is 5.82 Å². The molecule has 0 aliphatic carbocycles. The van der Waals surface area contributed by atoms with Crippen LogP contribution in [0.5, 0.6) is 0 Å². The molecule has 0 N–H and O–H groups in total. The number of pyridine rings is 1. The summed E-state index contributed by atoms with van der Waals surface area (Å²) in [6, 6.07) is 14.7. The van der Waals surface area contributed by atoms with Crippen molar-refractivity contribution >= 4 is 34.9 Å². The number of hydrogen-bond acceptors (Lipinski definition) is 4. The summed E-state index contributed by atoms with van der Waals surface area (Å²) in [5, 5.41) is 0.385.